The first kappa shape index (κ1) is 4.46. The molecule has 0 saturated carbocycles. The van der Waals surface area contributed by atoms with Gasteiger partial charge in [0.25, 0.3) is 6.23 Å². The number of aliphatic hydroxyl groups excluding tert-OH is 1. The molecule has 0 fully saturated rings. The molecule has 0 aromatic carbocycles. The summed E-state index contributed by atoms with van der Waals surface area (Å²) in [6.07, 6.45) is 2.45. The molecule has 1 unspecified atom stereocenters. The Bertz CT molecular complexity index is 119. The van der Waals surface area contributed by atoms with Gasteiger partial charge >= 0.3 is 0 Å². The van der Waals surface area contributed by atoms with E-state index in [9.17, 15) is 0 Å². The minimum atomic E-state index is -0.778. The minimum absolute atomic E-state index is 0.432. The van der Waals surface area contributed by atoms with Crippen LogP contribution in [-0.4, -0.2) is 22.6 Å². The molecule has 3 heteroatoms. The van der Waals surface area contributed by atoms with Crippen LogP contribution in [0.5, 0.6) is 0 Å². The average molecular weight is 98.1 g/mol. The van der Waals surface area contributed by atoms with Crippen LogP contribution in [0.3, 0.4) is 0 Å². The summed E-state index contributed by atoms with van der Waals surface area (Å²) in [5, 5.41) is 8.59. The quantitative estimate of drug-likeness (QED) is 0.334. The van der Waals surface area contributed by atoms with Gasteiger partial charge in [-0.25, -0.2) is 0 Å². The molecule has 0 aromatic rings. The first-order valence-corrected chi connectivity index (χ1v) is 2.11. The van der Waals surface area contributed by atoms with Crippen LogP contribution in [0, 0.1) is 0 Å². The summed E-state index contributed by atoms with van der Waals surface area (Å²) in [7, 11) is 0. The predicted molar refractivity (Wildman–Crippen MR) is 23.6 cm³/mol. The minimum Gasteiger partial charge on any atom is -0.504 e. The fourth-order valence-electron chi connectivity index (χ4n) is 0.498. The summed E-state index contributed by atoms with van der Waals surface area (Å²) in [5.41, 5.74) is 8.52. The first-order valence-electron chi connectivity index (χ1n) is 2.11. The van der Waals surface area contributed by atoms with E-state index in [2.05, 4.69) is 0 Å². The molecule has 0 radical (unpaired) electrons. The summed E-state index contributed by atoms with van der Waals surface area (Å²) < 4.78 is 0.847. The monoisotopic (exact) mass is 98.0 g/mol. The van der Waals surface area contributed by atoms with Crippen LogP contribution < -0.4 is 0 Å². The zero-order valence-electron chi connectivity index (χ0n) is 3.78. The van der Waals surface area contributed by atoms with Crippen molar-refractivity contribution in [2.75, 3.05) is 6.54 Å². The maximum atomic E-state index is 8.59. The molecular weight excluding hydrogens is 92.1 g/mol. The summed E-state index contributed by atoms with van der Waals surface area (Å²) in [4.78, 5) is 0. The van der Waals surface area contributed by atoms with Crippen molar-refractivity contribution in [2.24, 2.45) is 0 Å². The molecule has 0 saturated heterocycles. The third kappa shape index (κ3) is 0.667. The van der Waals surface area contributed by atoms with Crippen molar-refractivity contribution >= 4 is 0 Å². The Balaban J connectivity index is 2.62. The van der Waals surface area contributed by atoms with Crippen molar-refractivity contribution in [3.8, 4) is 0 Å². The molecule has 3 nitrogen and oxygen atoms in total. The molecule has 0 aliphatic carbocycles. The Morgan fingerprint density at radius 1 is 1.86 bits per heavy atom. The second kappa shape index (κ2) is 1.42. The maximum absolute atomic E-state index is 8.59. The van der Waals surface area contributed by atoms with E-state index >= 15 is 0 Å². The third-order valence-corrected chi connectivity index (χ3v) is 0.906. The second-order valence-electron chi connectivity index (χ2n) is 1.46. The van der Waals surface area contributed by atoms with Crippen LogP contribution in [0.4, 0.5) is 0 Å². The molecule has 1 aliphatic rings. The van der Waals surface area contributed by atoms with Gasteiger partial charge in [-0.1, -0.05) is 0 Å². The number of hydrogen-bond acceptors (Lipinski definition) is 1. The number of rotatable bonds is 0. The van der Waals surface area contributed by atoms with E-state index in [1.54, 1.807) is 6.08 Å². The molecule has 1 N–H and O–H groups in total. The topological polar surface area (TPSA) is 45.5 Å². The lowest BCUT2D eigenvalue weighted by Crippen LogP contribution is -2.14. The van der Waals surface area contributed by atoms with Crippen LogP contribution in [0.25, 0.3) is 5.53 Å². The van der Waals surface area contributed by atoms with Crippen LogP contribution >= 0.6 is 0 Å². The standard InChI is InChI=1S/C4H6N2O/c5-6-3-1-2-4(6)7/h1-2,4,7H,3H2. The van der Waals surface area contributed by atoms with Gasteiger partial charge in [0.1, 0.15) is 0 Å². The van der Waals surface area contributed by atoms with Gasteiger partial charge in [0.2, 0.25) is 0 Å². The van der Waals surface area contributed by atoms with Gasteiger partial charge < -0.3 is 10.6 Å². The molecule has 1 rings (SSSR count). The van der Waals surface area contributed by atoms with Gasteiger partial charge in [-0.05, 0) is 6.08 Å². The predicted octanol–water partition coefficient (Wildman–Crippen LogP) is -0.0913. The maximum Gasteiger partial charge on any atom is 0.264 e. The summed E-state index contributed by atoms with van der Waals surface area (Å²) in [6, 6.07) is 0. The molecule has 0 amide bonds. The summed E-state index contributed by atoms with van der Waals surface area (Å²) in [6.45, 7) is 0.432. The van der Waals surface area contributed by atoms with Crippen molar-refractivity contribution < 1.29 is 9.80 Å². The van der Waals surface area contributed by atoms with E-state index in [0.717, 1.165) is 4.70 Å². The SMILES string of the molecule is [N-]=[N+]1CC=CC1O. The van der Waals surface area contributed by atoms with E-state index in [1.807, 2.05) is 0 Å². The van der Waals surface area contributed by atoms with Crippen molar-refractivity contribution in [2.45, 2.75) is 6.23 Å². The highest BCUT2D eigenvalue weighted by Crippen LogP contribution is 1.96. The second-order valence-corrected chi connectivity index (χ2v) is 1.46. The lowest BCUT2D eigenvalue weighted by molar-refractivity contribution is -0.597. The Labute approximate surface area is 41.4 Å². The van der Waals surface area contributed by atoms with Crippen LogP contribution in [0.2, 0.25) is 0 Å². The fourth-order valence-corrected chi connectivity index (χ4v) is 0.498. The van der Waals surface area contributed by atoms with Crippen molar-refractivity contribution in [1.29, 1.82) is 0 Å². The third-order valence-electron chi connectivity index (χ3n) is 0.906. The van der Waals surface area contributed by atoms with E-state index < -0.39 is 6.23 Å². The molecule has 38 valence electrons. The number of aliphatic hydroxyl groups is 1. The lowest BCUT2D eigenvalue weighted by Gasteiger charge is -1.99. The van der Waals surface area contributed by atoms with Gasteiger partial charge in [-0.2, -0.15) is 0 Å². The highest BCUT2D eigenvalue weighted by molar-refractivity contribution is 4.88. The summed E-state index contributed by atoms with van der Waals surface area (Å²) in [5.74, 6) is 0. The van der Waals surface area contributed by atoms with Crippen LogP contribution in [0.15, 0.2) is 12.2 Å². The highest BCUT2D eigenvalue weighted by atomic mass is 16.3. The molecule has 0 aromatic heterocycles. The largest absolute Gasteiger partial charge is 0.504 e. The van der Waals surface area contributed by atoms with Gasteiger partial charge in [0.15, 0.2) is 6.54 Å². The lowest BCUT2D eigenvalue weighted by atomic mass is 10.6. The number of nitrogens with zero attached hydrogens (tertiary/aromatic N) is 2. The average Bonchev–Trinajstić information content (AvgIpc) is 1.91. The Hall–Kier alpha value is -0.700. The van der Waals surface area contributed by atoms with Gasteiger partial charge in [0, 0.05) is 6.08 Å². The van der Waals surface area contributed by atoms with Crippen molar-refractivity contribution in [1.82, 2.24) is 0 Å². The fraction of sp³-hybridized carbons (Fsp3) is 0.500. The van der Waals surface area contributed by atoms with E-state index in [-0.39, 0.29) is 0 Å². The molecule has 0 bridgehead atoms. The highest BCUT2D eigenvalue weighted by Gasteiger charge is 2.10. The molecule has 1 aliphatic heterocycles. The van der Waals surface area contributed by atoms with E-state index in [0.29, 0.717) is 6.54 Å². The van der Waals surface area contributed by atoms with E-state index in [4.69, 9.17) is 10.6 Å². The Morgan fingerprint density at radius 2 is 2.57 bits per heavy atom. The van der Waals surface area contributed by atoms with Gasteiger partial charge in [0.05, 0.1) is 0 Å². The van der Waals surface area contributed by atoms with Crippen molar-refractivity contribution in [3.05, 3.63) is 17.7 Å². The van der Waals surface area contributed by atoms with Gasteiger partial charge in [-0.15, -0.1) is 0 Å². The normalized spacial score (nSPS) is 29.3. The molecule has 1 atom stereocenters. The smallest absolute Gasteiger partial charge is 0.264 e. The van der Waals surface area contributed by atoms with Crippen molar-refractivity contribution in [3.63, 3.8) is 0 Å². The molecule has 0 spiro atoms. The summed E-state index contributed by atoms with van der Waals surface area (Å²) >= 11 is 0. The molecule has 1 heterocycles. The van der Waals surface area contributed by atoms with Crippen LogP contribution in [-0.2, 0) is 0 Å². The van der Waals surface area contributed by atoms with E-state index in [1.165, 1.54) is 6.08 Å². The van der Waals surface area contributed by atoms with Crippen LogP contribution in [0.1, 0.15) is 0 Å². The van der Waals surface area contributed by atoms with Gasteiger partial charge in [-0.3, -0.25) is 4.70 Å². The number of hydrogen-bond donors (Lipinski definition) is 1. The zero-order chi connectivity index (χ0) is 5.28. The zero-order valence-corrected chi connectivity index (χ0v) is 3.78. The Kier molecular flexibility index (Phi) is 0.906. The molecule has 7 heavy (non-hydrogen) atoms. The molecular formula is C4H6N2O. The Morgan fingerprint density at radius 3 is 2.71 bits per heavy atom. The first-order chi connectivity index (χ1) is 3.30.